The van der Waals surface area contributed by atoms with E-state index in [0.717, 1.165) is 5.56 Å². The topological polar surface area (TPSA) is 60.2 Å². The summed E-state index contributed by atoms with van der Waals surface area (Å²) < 4.78 is 23.1. The SMILES string of the molecule is CC(N)CCS(=O)(=O)Cc1ccsc1. The van der Waals surface area contributed by atoms with Gasteiger partial charge in [0.2, 0.25) is 0 Å². The number of nitrogens with two attached hydrogens (primary N) is 1. The van der Waals surface area contributed by atoms with Gasteiger partial charge in [-0.3, -0.25) is 0 Å². The molecule has 14 heavy (non-hydrogen) atoms. The molecule has 3 nitrogen and oxygen atoms in total. The third-order valence-corrected chi connectivity index (χ3v) is 4.21. The Labute approximate surface area is 88.9 Å². The van der Waals surface area contributed by atoms with Crippen LogP contribution in [-0.4, -0.2) is 20.2 Å². The first-order chi connectivity index (χ1) is 6.49. The van der Waals surface area contributed by atoms with Gasteiger partial charge in [0.1, 0.15) is 0 Å². The minimum Gasteiger partial charge on any atom is -0.328 e. The molecule has 0 radical (unpaired) electrons. The van der Waals surface area contributed by atoms with Crippen LogP contribution < -0.4 is 5.73 Å². The van der Waals surface area contributed by atoms with Gasteiger partial charge in [-0.15, -0.1) is 0 Å². The third-order valence-electron chi connectivity index (χ3n) is 1.85. The summed E-state index contributed by atoms with van der Waals surface area (Å²) in [5.41, 5.74) is 6.39. The Morgan fingerprint density at radius 3 is 2.79 bits per heavy atom. The van der Waals surface area contributed by atoms with Crippen molar-refractivity contribution in [2.75, 3.05) is 5.75 Å². The van der Waals surface area contributed by atoms with Crippen LogP contribution in [0.1, 0.15) is 18.9 Å². The lowest BCUT2D eigenvalue weighted by Gasteiger charge is -2.05. The van der Waals surface area contributed by atoms with Crippen molar-refractivity contribution in [2.24, 2.45) is 5.73 Å². The van der Waals surface area contributed by atoms with Crippen LogP contribution in [0.5, 0.6) is 0 Å². The lowest BCUT2D eigenvalue weighted by molar-refractivity contribution is 0.586. The molecule has 0 fully saturated rings. The van der Waals surface area contributed by atoms with Crippen molar-refractivity contribution in [3.63, 3.8) is 0 Å². The molecule has 80 valence electrons. The van der Waals surface area contributed by atoms with Crippen LogP contribution in [0.25, 0.3) is 0 Å². The molecule has 0 amide bonds. The molecule has 5 heteroatoms. The minimum atomic E-state index is -2.97. The predicted octanol–water partition coefficient (Wildman–Crippen LogP) is 1.40. The van der Waals surface area contributed by atoms with E-state index in [0.29, 0.717) is 6.42 Å². The first kappa shape index (κ1) is 11.7. The zero-order valence-corrected chi connectivity index (χ0v) is 9.77. The van der Waals surface area contributed by atoms with Gasteiger partial charge in [0, 0.05) is 6.04 Å². The molecule has 0 saturated heterocycles. The molecule has 1 heterocycles. The van der Waals surface area contributed by atoms with Gasteiger partial charge in [-0.2, -0.15) is 11.3 Å². The van der Waals surface area contributed by atoms with Crippen LogP contribution in [0.15, 0.2) is 16.8 Å². The van der Waals surface area contributed by atoms with Gasteiger partial charge in [0.15, 0.2) is 9.84 Å². The Morgan fingerprint density at radius 2 is 2.29 bits per heavy atom. The summed E-state index contributed by atoms with van der Waals surface area (Å²) in [7, 11) is -2.97. The van der Waals surface area contributed by atoms with E-state index in [9.17, 15) is 8.42 Å². The van der Waals surface area contributed by atoms with E-state index in [4.69, 9.17) is 5.73 Å². The quantitative estimate of drug-likeness (QED) is 0.836. The summed E-state index contributed by atoms with van der Waals surface area (Å²) >= 11 is 1.52. The van der Waals surface area contributed by atoms with Crippen LogP contribution in [0.4, 0.5) is 0 Å². The Morgan fingerprint density at radius 1 is 1.57 bits per heavy atom. The third kappa shape index (κ3) is 4.21. The molecule has 1 aromatic heterocycles. The molecule has 0 bridgehead atoms. The van der Waals surface area contributed by atoms with Gasteiger partial charge in [0.05, 0.1) is 11.5 Å². The molecule has 1 rings (SSSR count). The normalized spacial score (nSPS) is 14.1. The second-order valence-electron chi connectivity index (χ2n) is 3.49. The van der Waals surface area contributed by atoms with Crippen molar-refractivity contribution in [3.05, 3.63) is 22.4 Å². The summed E-state index contributed by atoms with van der Waals surface area (Å²) in [4.78, 5) is 0. The average Bonchev–Trinajstić information content (AvgIpc) is 2.53. The lowest BCUT2D eigenvalue weighted by Crippen LogP contribution is -2.20. The molecule has 0 aliphatic carbocycles. The fraction of sp³-hybridized carbons (Fsp3) is 0.556. The van der Waals surface area contributed by atoms with Crippen LogP contribution in [-0.2, 0) is 15.6 Å². The standard InChI is InChI=1S/C9H15NO2S2/c1-8(10)3-5-14(11,12)7-9-2-4-13-6-9/h2,4,6,8H,3,5,7,10H2,1H3. The highest BCUT2D eigenvalue weighted by molar-refractivity contribution is 7.90. The number of rotatable bonds is 5. The van der Waals surface area contributed by atoms with Gasteiger partial charge in [0.25, 0.3) is 0 Å². The van der Waals surface area contributed by atoms with E-state index in [1.165, 1.54) is 11.3 Å². The Kier molecular flexibility index (Phi) is 4.10. The second kappa shape index (κ2) is 4.91. The Hall–Kier alpha value is -0.390. The number of sulfone groups is 1. The molecule has 1 atom stereocenters. The maximum Gasteiger partial charge on any atom is 0.154 e. The van der Waals surface area contributed by atoms with Crippen molar-refractivity contribution in [3.8, 4) is 0 Å². The molecule has 0 aliphatic rings. The first-order valence-electron chi connectivity index (χ1n) is 4.47. The van der Waals surface area contributed by atoms with E-state index in [2.05, 4.69) is 0 Å². The fourth-order valence-corrected chi connectivity index (χ4v) is 3.40. The number of hydrogen-bond acceptors (Lipinski definition) is 4. The van der Waals surface area contributed by atoms with Crippen LogP contribution in [0.3, 0.4) is 0 Å². The summed E-state index contributed by atoms with van der Waals surface area (Å²) in [6, 6.07) is 1.79. The van der Waals surface area contributed by atoms with E-state index in [1.807, 2.05) is 23.8 Å². The average molecular weight is 233 g/mol. The summed E-state index contributed by atoms with van der Waals surface area (Å²) in [5, 5.41) is 3.75. The maximum absolute atomic E-state index is 11.6. The molecule has 1 aromatic rings. The zero-order chi connectivity index (χ0) is 10.6. The maximum atomic E-state index is 11.6. The van der Waals surface area contributed by atoms with Gasteiger partial charge < -0.3 is 5.73 Å². The van der Waals surface area contributed by atoms with Crippen LogP contribution >= 0.6 is 11.3 Å². The van der Waals surface area contributed by atoms with Gasteiger partial charge in [-0.25, -0.2) is 8.42 Å². The predicted molar refractivity (Wildman–Crippen MR) is 60.1 cm³/mol. The van der Waals surface area contributed by atoms with Crippen LogP contribution in [0.2, 0.25) is 0 Å². The van der Waals surface area contributed by atoms with Crippen molar-refractivity contribution in [1.29, 1.82) is 0 Å². The molecule has 0 spiro atoms. The van der Waals surface area contributed by atoms with Crippen LogP contribution in [0, 0.1) is 0 Å². The second-order valence-corrected chi connectivity index (χ2v) is 6.45. The zero-order valence-electron chi connectivity index (χ0n) is 8.14. The Bertz CT molecular complexity index is 354. The molecular formula is C9H15NO2S2. The molecule has 1 unspecified atom stereocenters. The molecular weight excluding hydrogens is 218 g/mol. The Balaban J connectivity index is 2.51. The van der Waals surface area contributed by atoms with E-state index >= 15 is 0 Å². The highest BCUT2D eigenvalue weighted by Crippen LogP contribution is 2.11. The summed E-state index contributed by atoms with van der Waals surface area (Å²) in [6.07, 6.45) is 0.534. The number of hydrogen-bond donors (Lipinski definition) is 1. The fourth-order valence-electron chi connectivity index (χ4n) is 1.07. The van der Waals surface area contributed by atoms with Gasteiger partial charge >= 0.3 is 0 Å². The van der Waals surface area contributed by atoms with E-state index in [1.54, 1.807) is 0 Å². The van der Waals surface area contributed by atoms with Crippen molar-refractivity contribution in [1.82, 2.24) is 0 Å². The highest BCUT2D eigenvalue weighted by Gasteiger charge is 2.12. The molecule has 2 N–H and O–H groups in total. The lowest BCUT2D eigenvalue weighted by atomic mass is 10.3. The molecule has 0 aliphatic heterocycles. The largest absolute Gasteiger partial charge is 0.328 e. The minimum absolute atomic E-state index is 0.0488. The summed E-state index contributed by atoms with van der Waals surface area (Å²) in [5.74, 6) is 0.323. The summed E-state index contributed by atoms with van der Waals surface area (Å²) in [6.45, 7) is 1.82. The molecule has 0 aromatic carbocycles. The van der Waals surface area contributed by atoms with E-state index < -0.39 is 9.84 Å². The molecule has 0 saturated carbocycles. The van der Waals surface area contributed by atoms with Crippen molar-refractivity contribution < 1.29 is 8.42 Å². The van der Waals surface area contributed by atoms with E-state index in [-0.39, 0.29) is 17.5 Å². The highest BCUT2D eigenvalue weighted by atomic mass is 32.2. The first-order valence-corrected chi connectivity index (χ1v) is 7.23. The number of thiophene rings is 1. The smallest absolute Gasteiger partial charge is 0.154 e. The van der Waals surface area contributed by atoms with Crippen molar-refractivity contribution >= 4 is 21.2 Å². The van der Waals surface area contributed by atoms with Gasteiger partial charge in [-0.1, -0.05) is 0 Å². The van der Waals surface area contributed by atoms with Crippen molar-refractivity contribution in [2.45, 2.75) is 25.1 Å². The monoisotopic (exact) mass is 233 g/mol. The van der Waals surface area contributed by atoms with Gasteiger partial charge in [-0.05, 0) is 35.7 Å².